The largest absolute Gasteiger partial charge is 0.467 e. The van der Waals surface area contributed by atoms with E-state index < -0.39 is 11.8 Å². The molecule has 1 aliphatic rings. The van der Waals surface area contributed by atoms with Crippen LogP contribution in [0.15, 0.2) is 35.3 Å². The van der Waals surface area contributed by atoms with Crippen molar-refractivity contribution in [2.75, 3.05) is 13.7 Å². The zero-order valence-electron chi connectivity index (χ0n) is 14.0. The lowest BCUT2D eigenvalue weighted by atomic mass is 10.1. The minimum Gasteiger partial charge on any atom is -0.467 e. The van der Waals surface area contributed by atoms with Gasteiger partial charge in [0.15, 0.2) is 5.79 Å². The Bertz CT molecular complexity index is 527. The standard InChI is InChI=1S/C18H25NO4/c1-18(2)22-13-15(23-18)10-7-11-16(17(20)21-3)19-12-14-8-5-4-6-9-14/h4-6,8-9,12,15-16H,7,10-11,13H2,1-3H3. The predicted octanol–water partition coefficient (Wildman–Crippen LogP) is 2.97. The first-order valence-electron chi connectivity index (χ1n) is 7.98. The van der Waals surface area contributed by atoms with E-state index in [1.807, 2.05) is 44.2 Å². The molecule has 2 rings (SSSR count). The molecule has 0 aliphatic carbocycles. The quantitative estimate of drug-likeness (QED) is 0.573. The van der Waals surface area contributed by atoms with Crippen LogP contribution in [0.3, 0.4) is 0 Å². The van der Waals surface area contributed by atoms with Gasteiger partial charge >= 0.3 is 5.97 Å². The van der Waals surface area contributed by atoms with E-state index in [9.17, 15) is 4.79 Å². The first-order chi connectivity index (χ1) is 11.0. The van der Waals surface area contributed by atoms with Gasteiger partial charge in [-0.3, -0.25) is 4.99 Å². The average molecular weight is 319 g/mol. The van der Waals surface area contributed by atoms with Crippen LogP contribution >= 0.6 is 0 Å². The summed E-state index contributed by atoms with van der Waals surface area (Å²) in [7, 11) is 1.39. The number of esters is 1. The van der Waals surface area contributed by atoms with Crippen LogP contribution in [0.25, 0.3) is 0 Å². The molecule has 2 unspecified atom stereocenters. The van der Waals surface area contributed by atoms with Gasteiger partial charge in [0, 0.05) is 6.21 Å². The minimum atomic E-state index is -0.502. The number of benzene rings is 1. The fraction of sp³-hybridized carbons (Fsp3) is 0.556. The second kappa shape index (κ2) is 8.22. The Balaban J connectivity index is 1.84. The molecule has 1 fully saturated rings. The third-order valence-electron chi connectivity index (χ3n) is 3.75. The highest BCUT2D eigenvalue weighted by atomic mass is 16.7. The summed E-state index contributed by atoms with van der Waals surface area (Å²) >= 11 is 0. The van der Waals surface area contributed by atoms with Gasteiger partial charge in [-0.2, -0.15) is 0 Å². The molecule has 2 atom stereocenters. The van der Waals surface area contributed by atoms with E-state index in [4.69, 9.17) is 14.2 Å². The van der Waals surface area contributed by atoms with E-state index in [0.717, 1.165) is 18.4 Å². The number of methoxy groups -OCH3 is 1. The first kappa shape index (κ1) is 17.6. The maximum Gasteiger partial charge on any atom is 0.330 e. The second-order valence-electron chi connectivity index (χ2n) is 6.11. The molecule has 0 bridgehead atoms. The van der Waals surface area contributed by atoms with Crippen LogP contribution in [-0.2, 0) is 19.0 Å². The summed E-state index contributed by atoms with van der Waals surface area (Å²) in [5, 5.41) is 0. The molecular weight excluding hydrogens is 294 g/mol. The minimum absolute atomic E-state index is 0.0846. The molecule has 0 spiro atoms. The normalized spacial score (nSPS) is 21.4. The van der Waals surface area contributed by atoms with Crippen molar-refractivity contribution < 1.29 is 19.0 Å². The lowest BCUT2D eigenvalue weighted by Gasteiger charge is -2.17. The monoisotopic (exact) mass is 319 g/mol. The number of nitrogens with zero attached hydrogens (tertiary/aromatic N) is 1. The smallest absolute Gasteiger partial charge is 0.330 e. The van der Waals surface area contributed by atoms with Gasteiger partial charge in [-0.05, 0) is 38.7 Å². The lowest BCUT2D eigenvalue weighted by molar-refractivity contribution is -0.143. The van der Waals surface area contributed by atoms with Crippen molar-refractivity contribution in [3.8, 4) is 0 Å². The third kappa shape index (κ3) is 5.77. The van der Waals surface area contributed by atoms with Crippen LogP contribution in [0, 0.1) is 0 Å². The van der Waals surface area contributed by atoms with Crippen molar-refractivity contribution in [2.24, 2.45) is 4.99 Å². The molecule has 5 nitrogen and oxygen atoms in total. The van der Waals surface area contributed by atoms with Gasteiger partial charge in [-0.25, -0.2) is 4.79 Å². The van der Waals surface area contributed by atoms with Crippen molar-refractivity contribution in [1.29, 1.82) is 0 Å². The Labute approximate surface area is 137 Å². The maximum atomic E-state index is 11.9. The van der Waals surface area contributed by atoms with Gasteiger partial charge in [0.05, 0.1) is 19.8 Å². The Hall–Kier alpha value is -1.72. The molecule has 1 saturated heterocycles. The number of carbonyl (C=O) groups excluding carboxylic acids is 1. The van der Waals surface area contributed by atoms with Crippen LogP contribution in [0.2, 0.25) is 0 Å². The van der Waals surface area contributed by atoms with Crippen molar-refractivity contribution in [1.82, 2.24) is 0 Å². The number of carbonyl (C=O) groups is 1. The highest BCUT2D eigenvalue weighted by Gasteiger charge is 2.32. The summed E-state index contributed by atoms with van der Waals surface area (Å²) in [5.41, 5.74) is 0.968. The maximum absolute atomic E-state index is 11.9. The third-order valence-corrected chi connectivity index (χ3v) is 3.75. The predicted molar refractivity (Wildman–Crippen MR) is 88.6 cm³/mol. The average Bonchev–Trinajstić information content (AvgIpc) is 2.90. The fourth-order valence-electron chi connectivity index (χ4n) is 2.55. The number of aliphatic imine (C=N–C) groups is 1. The van der Waals surface area contributed by atoms with Gasteiger partial charge in [0.2, 0.25) is 0 Å². The first-order valence-corrected chi connectivity index (χ1v) is 7.98. The van der Waals surface area contributed by atoms with Crippen LogP contribution in [0.5, 0.6) is 0 Å². The summed E-state index contributed by atoms with van der Waals surface area (Å²) in [6.07, 6.45) is 4.12. The highest BCUT2D eigenvalue weighted by molar-refractivity contribution is 5.83. The molecule has 126 valence electrons. The molecule has 1 aromatic rings. The van der Waals surface area contributed by atoms with Gasteiger partial charge in [-0.1, -0.05) is 30.3 Å². The van der Waals surface area contributed by atoms with Crippen LogP contribution in [0.1, 0.15) is 38.7 Å². The van der Waals surface area contributed by atoms with Crippen molar-refractivity contribution in [3.05, 3.63) is 35.9 Å². The second-order valence-corrected chi connectivity index (χ2v) is 6.11. The Morgan fingerprint density at radius 3 is 2.78 bits per heavy atom. The van der Waals surface area contributed by atoms with E-state index in [2.05, 4.69) is 4.99 Å². The number of hydrogen-bond acceptors (Lipinski definition) is 5. The van der Waals surface area contributed by atoms with E-state index >= 15 is 0 Å². The van der Waals surface area contributed by atoms with Crippen molar-refractivity contribution in [2.45, 2.75) is 51.0 Å². The van der Waals surface area contributed by atoms with Gasteiger partial charge in [0.25, 0.3) is 0 Å². The number of ether oxygens (including phenoxy) is 3. The zero-order valence-corrected chi connectivity index (χ0v) is 14.0. The molecule has 1 heterocycles. The van der Waals surface area contributed by atoms with E-state index in [-0.39, 0.29) is 12.1 Å². The van der Waals surface area contributed by atoms with E-state index in [1.54, 1.807) is 6.21 Å². The molecule has 23 heavy (non-hydrogen) atoms. The Morgan fingerprint density at radius 1 is 1.43 bits per heavy atom. The SMILES string of the molecule is COC(=O)C(CCCC1COC(C)(C)O1)N=Cc1ccccc1. The van der Waals surface area contributed by atoms with E-state index in [1.165, 1.54) is 7.11 Å². The summed E-state index contributed by atoms with van der Waals surface area (Å²) in [5.74, 6) is -0.807. The fourth-order valence-corrected chi connectivity index (χ4v) is 2.55. The molecular formula is C18H25NO4. The number of rotatable bonds is 7. The molecule has 1 aromatic carbocycles. The number of hydrogen-bond donors (Lipinski definition) is 0. The van der Waals surface area contributed by atoms with Gasteiger partial charge in [-0.15, -0.1) is 0 Å². The molecule has 0 amide bonds. The lowest BCUT2D eigenvalue weighted by Crippen LogP contribution is -2.23. The van der Waals surface area contributed by atoms with Crippen LogP contribution < -0.4 is 0 Å². The Morgan fingerprint density at radius 2 is 2.17 bits per heavy atom. The molecule has 0 radical (unpaired) electrons. The van der Waals surface area contributed by atoms with Crippen LogP contribution in [-0.4, -0.2) is 43.8 Å². The molecule has 1 aliphatic heterocycles. The van der Waals surface area contributed by atoms with Crippen LogP contribution in [0.4, 0.5) is 0 Å². The van der Waals surface area contributed by atoms with Crippen molar-refractivity contribution in [3.63, 3.8) is 0 Å². The van der Waals surface area contributed by atoms with Gasteiger partial charge < -0.3 is 14.2 Å². The molecule has 0 aromatic heterocycles. The summed E-state index contributed by atoms with van der Waals surface area (Å²) in [6, 6.07) is 9.24. The summed E-state index contributed by atoms with van der Waals surface area (Å²) in [6.45, 7) is 4.42. The topological polar surface area (TPSA) is 57.1 Å². The summed E-state index contributed by atoms with van der Waals surface area (Å²) in [4.78, 5) is 16.3. The molecule has 5 heteroatoms. The zero-order chi connectivity index (χ0) is 16.7. The van der Waals surface area contributed by atoms with Gasteiger partial charge in [0.1, 0.15) is 6.04 Å². The molecule has 0 saturated carbocycles. The van der Waals surface area contributed by atoms with E-state index in [0.29, 0.717) is 13.0 Å². The summed E-state index contributed by atoms with van der Waals surface area (Å²) < 4.78 is 16.2. The highest BCUT2D eigenvalue weighted by Crippen LogP contribution is 2.25. The molecule has 0 N–H and O–H groups in total. The Kier molecular flexibility index (Phi) is 6.30. The van der Waals surface area contributed by atoms with Crippen molar-refractivity contribution >= 4 is 12.2 Å².